The highest BCUT2D eigenvalue weighted by Crippen LogP contribution is 2.21. The topological polar surface area (TPSA) is 73.8 Å². The Morgan fingerprint density at radius 1 is 1.33 bits per heavy atom. The molecule has 0 fully saturated rings. The number of benzene rings is 1. The van der Waals surface area contributed by atoms with Gasteiger partial charge in [-0.15, -0.1) is 11.3 Å². The molecule has 2 heterocycles. The molecule has 0 saturated heterocycles. The third-order valence-corrected chi connectivity index (χ3v) is 3.55. The van der Waals surface area contributed by atoms with Crippen molar-refractivity contribution in [2.45, 2.75) is 6.54 Å². The number of aromatic nitrogens is 3. The number of amides is 1. The second-order valence-electron chi connectivity index (χ2n) is 3.84. The molecule has 90 valence electrons. The van der Waals surface area contributed by atoms with E-state index in [0.29, 0.717) is 6.54 Å². The first-order chi connectivity index (χ1) is 8.72. The van der Waals surface area contributed by atoms with Crippen molar-refractivity contribution >= 4 is 27.5 Å². The molecule has 6 heteroatoms. The van der Waals surface area contributed by atoms with E-state index in [4.69, 9.17) is 5.73 Å². The Kier molecular flexibility index (Phi) is 2.56. The molecule has 0 aliphatic heterocycles. The first-order valence-corrected chi connectivity index (χ1v) is 6.22. The van der Waals surface area contributed by atoms with Crippen molar-refractivity contribution in [1.82, 2.24) is 14.8 Å². The SMILES string of the molecule is NC(=O)c1ccn(Cc2nc3ccccc3s2)n1. The molecule has 1 amide bonds. The molecule has 3 rings (SSSR count). The van der Waals surface area contributed by atoms with Crippen LogP contribution in [0.25, 0.3) is 10.2 Å². The average molecular weight is 258 g/mol. The molecule has 1 aromatic carbocycles. The van der Waals surface area contributed by atoms with Gasteiger partial charge in [-0.3, -0.25) is 9.48 Å². The molecular weight excluding hydrogens is 248 g/mol. The van der Waals surface area contributed by atoms with Gasteiger partial charge in [0.1, 0.15) is 10.7 Å². The molecule has 0 bridgehead atoms. The second kappa shape index (κ2) is 4.23. The van der Waals surface area contributed by atoms with E-state index in [9.17, 15) is 4.79 Å². The summed E-state index contributed by atoms with van der Waals surface area (Å²) >= 11 is 1.62. The van der Waals surface area contributed by atoms with Crippen LogP contribution >= 0.6 is 11.3 Å². The van der Waals surface area contributed by atoms with E-state index in [1.807, 2.05) is 24.3 Å². The van der Waals surface area contributed by atoms with Gasteiger partial charge in [-0.1, -0.05) is 12.1 Å². The molecule has 2 N–H and O–H groups in total. The zero-order valence-corrected chi connectivity index (χ0v) is 10.2. The van der Waals surface area contributed by atoms with Crippen LogP contribution < -0.4 is 5.73 Å². The van der Waals surface area contributed by atoms with Crippen LogP contribution in [0.5, 0.6) is 0 Å². The lowest BCUT2D eigenvalue weighted by molar-refractivity contribution is 0.0995. The number of hydrogen-bond donors (Lipinski definition) is 1. The molecule has 0 spiro atoms. The fourth-order valence-electron chi connectivity index (χ4n) is 1.71. The number of para-hydroxylation sites is 1. The summed E-state index contributed by atoms with van der Waals surface area (Å²) in [4.78, 5) is 15.4. The predicted octanol–water partition coefficient (Wildman–Crippen LogP) is 1.64. The van der Waals surface area contributed by atoms with Crippen LogP contribution in [0.1, 0.15) is 15.5 Å². The van der Waals surface area contributed by atoms with Gasteiger partial charge < -0.3 is 5.73 Å². The van der Waals surface area contributed by atoms with E-state index in [1.165, 1.54) is 0 Å². The minimum absolute atomic E-state index is 0.274. The second-order valence-corrected chi connectivity index (χ2v) is 4.95. The maximum atomic E-state index is 10.9. The maximum absolute atomic E-state index is 10.9. The van der Waals surface area contributed by atoms with E-state index in [-0.39, 0.29) is 5.69 Å². The summed E-state index contributed by atoms with van der Waals surface area (Å²) in [5.41, 5.74) is 6.41. The molecule has 0 atom stereocenters. The highest BCUT2D eigenvalue weighted by Gasteiger charge is 2.07. The van der Waals surface area contributed by atoms with Gasteiger partial charge in [0, 0.05) is 6.20 Å². The summed E-state index contributed by atoms with van der Waals surface area (Å²) in [6, 6.07) is 9.58. The Morgan fingerprint density at radius 3 is 2.89 bits per heavy atom. The largest absolute Gasteiger partial charge is 0.364 e. The molecular formula is C12H10N4OS. The minimum Gasteiger partial charge on any atom is -0.364 e. The molecule has 0 radical (unpaired) electrons. The Morgan fingerprint density at radius 2 is 2.17 bits per heavy atom. The number of nitrogens with two attached hydrogens (primary N) is 1. The number of thiazole rings is 1. The lowest BCUT2D eigenvalue weighted by atomic mass is 10.3. The standard InChI is InChI=1S/C12H10N4OS/c13-12(17)9-5-6-16(15-9)7-11-14-8-3-1-2-4-10(8)18-11/h1-6H,7H2,(H2,13,17). The summed E-state index contributed by atoms with van der Waals surface area (Å²) in [7, 11) is 0. The van der Waals surface area contributed by atoms with E-state index < -0.39 is 5.91 Å². The smallest absolute Gasteiger partial charge is 0.269 e. The van der Waals surface area contributed by atoms with E-state index in [1.54, 1.807) is 28.3 Å². The van der Waals surface area contributed by atoms with Gasteiger partial charge in [0.2, 0.25) is 0 Å². The fourth-order valence-corrected chi connectivity index (χ4v) is 2.67. The van der Waals surface area contributed by atoms with Gasteiger partial charge >= 0.3 is 0 Å². The van der Waals surface area contributed by atoms with E-state index >= 15 is 0 Å². The van der Waals surface area contributed by atoms with Gasteiger partial charge in [-0.05, 0) is 18.2 Å². The monoisotopic (exact) mass is 258 g/mol. The van der Waals surface area contributed by atoms with Crippen molar-refractivity contribution in [1.29, 1.82) is 0 Å². The van der Waals surface area contributed by atoms with Crippen molar-refractivity contribution in [2.75, 3.05) is 0 Å². The highest BCUT2D eigenvalue weighted by molar-refractivity contribution is 7.18. The third kappa shape index (κ3) is 1.98. The van der Waals surface area contributed by atoms with Crippen molar-refractivity contribution in [3.63, 3.8) is 0 Å². The van der Waals surface area contributed by atoms with Crippen LogP contribution in [0.3, 0.4) is 0 Å². The molecule has 18 heavy (non-hydrogen) atoms. The van der Waals surface area contributed by atoms with Gasteiger partial charge in [0.15, 0.2) is 0 Å². The zero-order valence-electron chi connectivity index (χ0n) is 9.41. The van der Waals surface area contributed by atoms with Crippen LogP contribution in [0.2, 0.25) is 0 Å². The quantitative estimate of drug-likeness (QED) is 0.776. The summed E-state index contributed by atoms with van der Waals surface area (Å²) in [5, 5.41) is 5.04. The van der Waals surface area contributed by atoms with E-state index in [0.717, 1.165) is 15.2 Å². The van der Waals surface area contributed by atoms with Gasteiger partial charge in [0.05, 0.1) is 16.8 Å². The molecule has 0 aliphatic carbocycles. The zero-order chi connectivity index (χ0) is 12.5. The fraction of sp³-hybridized carbons (Fsp3) is 0.0833. The minimum atomic E-state index is -0.516. The van der Waals surface area contributed by atoms with Crippen LogP contribution in [-0.4, -0.2) is 20.7 Å². The first-order valence-electron chi connectivity index (χ1n) is 5.40. The van der Waals surface area contributed by atoms with Crippen molar-refractivity contribution < 1.29 is 4.79 Å². The third-order valence-electron chi connectivity index (χ3n) is 2.53. The van der Waals surface area contributed by atoms with Crippen LogP contribution in [-0.2, 0) is 6.54 Å². The average Bonchev–Trinajstić information content (AvgIpc) is 2.94. The van der Waals surface area contributed by atoms with Gasteiger partial charge in [-0.25, -0.2) is 4.98 Å². The molecule has 0 unspecified atom stereocenters. The normalized spacial score (nSPS) is 10.9. The van der Waals surface area contributed by atoms with Crippen molar-refractivity contribution in [3.8, 4) is 0 Å². The number of primary amides is 1. The summed E-state index contributed by atoms with van der Waals surface area (Å²) < 4.78 is 2.81. The molecule has 2 aromatic heterocycles. The summed E-state index contributed by atoms with van der Waals surface area (Å²) in [6.07, 6.45) is 1.73. The molecule has 0 aliphatic rings. The number of carbonyl (C=O) groups excluding carboxylic acids is 1. The lowest BCUT2D eigenvalue weighted by Crippen LogP contribution is -2.12. The van der Waals surface area contributed by atoms with Crippen LogP contribution in [0.15, 0.2) is 36.5 Å². The van der Waals surface area contributed by atoms with Crippen LogP contribution in [0, 0.1) is 0 Å². The Labute approximate surface area is 107 Å². The van der Waals surface area contributed by atoms with Crippen LogP contribution in [0.4, 0.5) is 0 Å². The summed E-state index contributed by atoms with van der Waals surface area (Å²) in [5.74, 6) is -0.516. The highest BCUT2D eigenvalue weighted by atomic mass is 32.1. The number of rotatable bonds is 3. The first kappa shape index (κ1) is 10.9. The van der Waals surface area contributed by atoms with Crippen molar-refractivity contribution in [2.24, 2.45) is 5.73 Å². The Balaban J connectivity index is 1.88. The van der Waals surface area contributed by atoms with Gasteiger partial charge in [-0.2, -0.15) is 5.10 Å². The number of hydrogen-bond acceptors (Lipinski definition) is 4. The number of fused-ring (bicyclic) bond motifs is 1. The number of carbonyl (C=O) groups is 1. The number of nitrogens with zero attached hydrogens (tertiary/aromatic N) is 3. The molecule has 3 aromatic rings. The Bertz CT molecular complexity index is 683. The molecule has 0 saturated carbocycles. The van der Waals surface area contributed by atoms with Gasteiger partial charge in [0.25, 0.3) is 5.91 Å². The van der Waals surface area contributed by atoms with Crippen molar-refractivity contribution in [3.05, 3.63) is 47.2 Å². The lowest BCUT2D eigenvalue weighted by Gasteiger charge is -1.95. The molecule has 5 nitrogen and oxygen atoms in total. The predicted molar refractivity (Wildman–Crippen MR) is 69.5 cm³/mol. The maximum Gasteiger partial charge on any atom is 0.269 e. The Hall–Kier alpha value is -2.21. The van der Waals surface area contributed by atoms with E-state index in [2.05, 4.69) is 10.1 Å². The summed E-state index contributed by atoms with van der Waals surface area (Å²) in [6.45, 7) is 0.548.